The van der Waals surface area contributed by atoms with Crippen molar-refractivity contribution in [2.24, 2.45) is 11.5 Å². The van der Waals surface area contributed by atoms with Gasteiger partial charge in [0, 0.05) is 12.0 Å². The molecule has 3 nitrogen and oxygen atoms in total. The molecule has 0 radical (unpaired) electrons. The second-order valence-corrected chi connectivity index (χ2v) is 2.66. The van der Waals surface area contributed by atoms with Gasteiger partial charge in [0.05, 0.1) is 6.17 Å². The summed E-state index contributed by atoms with van der Waals surface area (Å²) in [5.74, 6) is -0.00870. The molecular formula is C9H12N2O. The maximum atomic E-state index is 11.3. The van der Waals surface area contributed by atoms with E-state index in [0.29, 0.717) is 5.56 Å². The maximum Gasteiger partial charge on any atom is 0.165 e. The molecule has 0 fully saturated rings. The fraction of sp³-hybridized carbons (Fsp3) is 0.222. The molecule has 12 heavy (non-hydrogen) atoms. The molecule has 0 saturated carbocycles. The van der Waals surface area contributed by atoms with Gasteiger partial charge in [-0.2, -0.15) is 0 Å². The third-order valence-electron chi connectivity index (χ3n) is 1.52. The predicted molar refractivity (Wildman–Crippen MR) is 47.6 cm³/mol. The van der Waals surface area contributed by atoms with Crippen molar-refractivity contribution in [3.05, 3.63) is 35.9 Å². The molecule has 0 aliphatic rings. The van der Waals surface area contributed by atoms with Gasteiger partial charge < -0.3 is 11.5 Å². The summed E-state index contributed by atoms with van der Waals surface area (Å²) in [5, 5.41) is 0. The Bertz CT molecular complexity index is 256. The summed E-state index contributed by atoms with van der Waals surface area (Å²) in [6, 6.07) is 9.00. The summed E-state index contributed by atoms with van der Waals surface area (Å²) >= 11 is 0. The summed E-state index contributed by atoms with van der Waals surface area (Å²) in [7, 11) is 0. The zero-order chi connectivity index (χ0) is 8.97. The van der Waals surface area contributed by atoms with E-state index in [2.05, 4.69) is 0 Å². The number of hydrogen-bond acceptors (Lipinski definition) is 3. The monoisotopic (exact) mass is 164 g/mol. The topological polar surface area (TPSA) is 69.1 Å². The van der Waals surface area contributed by atoms with Crippen molar-refractivity contribution in [1.82, 2.24) is 0 Å². The van der Waals surface area contributed by atoms with Gasteiger partial charge in [-0.3, -0.25) is 4.79 Å². The highest BCUT2D eigenvalue weighted by Gasteiger charge is 2.06. The molecule has 0 spiro atoms. The Hall–Kier alpha value is -1.19. The molecule has 0 atom stereocenters. The van der Waals surface area contributed by atoms with Crippen LogP contribution < -0.4 is 11.5 Å². The number of nitrogens with two attached hydrogens (primary N) is 2. The highest BCUT2D eigenvalue weighted by atomic mass is 16.1. The van der Waals surface area contributed by atoms with Gasteiger partial charge in [-0.25, -0.2) is 0 Å². The first-order valence-electron chi connectivity index (χ1n) is 3.79. The fourth-order valence-electron chi connectivity index (χ4n) is 0.956. The van der Waals surface area contributed by atoms with Crippen molar-refractivity contribution in [3.8, 4) is 0 Å². The molecule has 0 bridgehead atoms. The highest BCUT2D eigenvalue weighted by Crippen LogP contribution is 2.02. The average molecular weight is 164 g/mol. The molecule has 0 heterocycles. The van der Waals surface area contributed by atoms with Crippen LogP contribution in [-0.2, 0) is 0 Å². The first-order chi connectivity index (χ1) is 5.70. The molecular weight excluding hydrogens is 152 g/mol. The minimum absolute atomic E-state index is 0.00870. The van der Waals surface area contributed by atoms with E-state index in [9.17, 15) is 4.79 Å². The SMILES string of the molecule is NC(N)CC(=O)c1ccccc1. The van der Waals surface area contributed by atoms with Crippen LogP contribution in [0.4, 0.5) is 0 Å². The van der Waals surface area contributed by atoms with E-state index in [1.165, 1.54) is 0 Å². The normalized spacial score (nSPS) is 10.2. The van der Waals surface area contributed by atoms with Gasteiger partial charge in [0.2, 0.25) is 0 Å². The van der Waals surface area contributed by atoms with Gasteiger partial charge in [0.1, 0.15) is 0 Å². The van der Waals surface area contributed by atoms with Gasteiger partial charge in [-0.05, 0) is 0 Å². The molecule has 1 rings (SSSR count). The van der Waals surface area contributed by atoms with E-state index in [1.807, 2.05) is 18.2 Å². The zero-order valence-electron chi connectivity index (χ0n) is 6.73. The minimum atomic E-state index is -0.558. The highest BCUT2D eigenvalue weighted by molar-refractivity contribution is 5.96. The van der Waals surface area contributed by atoms with Crippen LogP contribution in [0.3, 0.4) is 0 Å². The van der Waals surface area contributed by atoms with Crippen molar-refractivity contribution in [1.29, 1.82) is 0 Å². The molecule has 3 heteroatoms. The number of benzene rings is 1. The molecule has 0 saturated heterocycles. The largest absolute Gasteiger partial charge is 0.316 e. The van der Waals surface area contributed by atoms with Gasteiger partial charge in [-0.1, -0.05) is 30.3 Å². The van der Waals surface area contributed by atoms with E-state index in [0.717, 1.165) is 0 Å². The van der Waals surface area contributed by atoms with E-state index in [-0.39, 0.29) is 12.2 Å². The number of carbonyl (C=O) groups excluding carboxylic acids is 1. The van der Waals surface area contributed by atoms with Gasteiger partial charge in [-0.15, -0.1) is 0 Å². The van der Waals surface area contributed by atoms with Crippen molar-refractivity contribution >= 4 is 5.78 Å². The van der Waals surface area contributed by atoms with Crippen LogP contribution in [0.1, 0.15) is 16.8 Å². The van der Waals surface area contributed by atoms with E-state index < -0.39 is 6.17 Å². The molecule has 0 aliphatic carbocycles. The Kier molecular flexibility index (Phi) is 2.96. The lowest BCUT2D eigenvalue weighted by molar-refractivity contribution is 0.0975. The molecule has 1 aromatic carbocycles. The molecule has 1 aromatic rings. The summed E-state index contributed by atoms with van der Waals surface area (Å²) in [4.78, 5) is 11.3. The van der Waals surface area contributed by atoms with Crippen LogP contribution in [0, 0.1) is 0 Å². The third kappa shape index (κ3) is 2.45. The molecule has 0 aliphatic heterocycles. The van der Waals surface area contributed by atoms with Crippen LogP contribution in [-0.4, -0.2) is 11.9 Å². The molecule has 0 amide bonds. The lowest BCUT2D eigenvalue weighted by Crippen LogP contribution is -2.32. The van der Waals surface area contributed by atoms with Gasteiger partial charge >= 0.3 is 0 Å². The van der Waals surface area contributed by atoms with E-state index >= 15 is 0 Å². The predicted octanol–water partition coefficient (Wildman–Crippen LogP) is 0.503. The van der Waals surface area contributed by atoms with E-state index in [4.69, 9.17) is 11.5 Å². The molecule has 0 aromatic heterocycles. The van der Waals surface area contributed by atoms with Crippen LogP contribution in [0.5, 0.6) is 0 Å². The Morgan fingerprint density at radius 2 is 1.83 bits per heavy atom. The lowest BCUT2D eigenvalue weighted by atomic mass is 10.1. The van der Waals surface area contributed by atoms with Crippen molar-refractivity contribution in [2.45, 2.75) is 12.6 Å². The summed E-state index contributed by atoms with van der Waals surface area (Å²) in [6.07, 6.45) is -0.359. The summed E-state index contributed by atoms with van der Waals surface area (Å²) in [6.45, 7) is 0. The van der Waals surface area contributed by atoms with Gasteiger partial charge in [0.25, 0.3) is 0 Å². The first kappa shape index (κ1) is 8.90. The summed E-state index contributed by atoms with van der Waals surface area (Å²) in [5.41, 5.74) is 11.2. The van der Waals surface area contributed by atoms with Crippen molar-refractivity contribution < 1.29 is 4.79 Å². The van der Waals surface area contributed by atoms with Crippen LogP contribution in [0.25, 0.3) is 0 Å². The third-order valence-corrected chi connectivity index (χ3v) is 1.52. The molecule has 0 unspecified atom stereocenters. The standard InChI is InChI=1S/C9H12N2O/c10-9(11)6-8(12)7-4-2-1-3-5-7/h1-5,9H,6,10-11H2. The average Bonchev–Trinajstić information content (AvgIpc) is 2.05. The number of Topliss-reactive ketones (excluding diaryl/α,β-unsaturated/α-hetero) is 1. The van der Waals surface area contributed by atoms with E-state index in [1.54, 1.807) is 12.1 Å². The number of hydrogen-bond donors (Lipinski definition) is 2. The Morgan fingerprint density at radius 3 is 2.33 bits per heavy atom. The van der Waals surface area contributed by atoms with Crippen molar-refractivity contribution in [2.75, 3.05) is 0 Å². The van der Waals surface area contributed by atoms with Crippen LogP contribution in [0.15, 0.2) is 30.3 Å². The van der Waals surface area contributed by atoms with Crippen LogP contribution >= 0.6 is 0 Å². The number of ketones is 1. The Labute approximate surface area is 71.4 Å². The smallest absolute Gasteiger partial charge is 0.165 e. The fourth-order valence-corrected chi connectivity index (χ4v) is 0.956. The second kappa shape index (κ2) is 3.99. The summed E-state index contributed by atoms with van der Waals surface area (Å²) < 4.78 is 0. The van der Waals surface area contributed by atoms with Crippen LogP contribution in [0.2, 0.25) is 0 Å². The lowest BCUT2D eigenvalue weighted by Gasteiger charge is -2.03. The number of carbonyl (C=O) groups is 1. The zero-order valence-corrected chi connectivity index (χ0v) is 6.73. The minimum Gasteiger partial charge on any atom is -0.316 e. The second-order valence-electron chi connectivity index (χ2n) is 2.66. The molecule has 4 N–H and O–H groups in total. The van der Waals surface area contributed by atoms with Gasteiger partial charge in [0.15, 0.2) is 5.78 Å². The number of rotatable bonds is 3. The van der Waals surface area contributed by atoms with Crippen molar-refractivity contribution in [3.63, 3.8) is 0 Å². The first-order valence-corrected chi connectivity index (χ1v) is 3.79. The molecule has 64 valence electrons. The quantitative estimate of drug-likeness (QED) is 0.505. The maximum absolute atomic E-state index is 11.3. The Balaban J connectivity index is 2.66. The Morgan fingerprint density at radius 1 is 1.25 bits per heavy atom.